The molecule has 0 unspecified atom stereocenters. The van der Waals surface area contributed by atoms with E-state index in [0.29, 0.717) is 6.42 Å². The zero-order valence-electron chi connectivity index (χ0n) is 22.9. The molecule has 17 heteroatoms. The average Bonchev–Trinajstić information content (AvgIpc) is 3.54. The normalized spacial score (nSPS) is 15.3. The number of hydrogen-bond acceptors (Lipinski definition) is 11. The van der Waals surface area contributed by atoms with Crippen LogP contribution in [0.1, 0.15) is 48.0 Å². The number of amides is 1. The van der Waals surface area contributed by atoms with E-state index in [9.17, 15) is 35.2 Å². The minimum absolute atomic E-state index is 0.0599. The SMILES string of the molecule is CCc1nnc(C(=O)[C@H](CC)NC(=O)[C@H](CS(=O)(=O)Cc2ccccc2OC(F)F)NC2=NS(=O)(=O)c3ccccc32)o1. The van der Waals surface area contributed by atoms with Gasteiger partial charge in [0.2, 0.25) is 17.6 Å². The maximum Gasteiger partial charge on any atom is 0.387 e. The molecule has 2 aromatic carbocycles. The van der Waals surface area contributed by atoms with Crippen LogP contribution in [0.4, 0.5) is 8.78 Å². The number of ether oxygens (including phenoxy) is 1. The number of aromatic nitrogens is 2. The van der Waals surface area contributed by atoms with Crippen LogP contribution in [0.15, 0.2) is 62.2 Å². The van der Waals surface area contributed by atoms with Crippen molar-refractivity contribution in [2.45, 2.75) is 56.0 Å². The highest BCUT2D eigenvalue weighted by molar-refractivity contribution is 7.91. The molecule has 2 heterocycles. The molecule has 4 rings (SSSR count). The summed E-state index contributed by atoms with van der Waals surface area (Å²) in [5.41, 5.74) is 0.0206. The number of fused-ring (bicyclic) bond motifs is 1. The fraction of sp³-hybridized carbons (Fsp3) is 0.346. The van der Waals surface area contributed by atoms with Crippen LogP contribution in [0.2, 0.25) is 0 Å². The molecule has 0 saturated heterocycles. The van der Waals surface area contributed by atoms with E-state index in [0.717, 1.165) is 0 Å². The van der Waals surface area contributed by atoms with Gasteiger partial charge in [-0.25, -0.2) is 8.42 Å². The molecular formula is C26H27F2N5O8S2. The molecule has 1 aromatic heterocycles. The number of nitrogens with zero attached hydrogens (tertiary/aromatic N) is 3. The highest BCUT2D eigenvalue weighted by Crippen LogP contribution is 2.26. The van der Waals surface area contributed by atoms with Crippen LogP contribution in [-0.2, 0) is 36.8 Å². The first kappa shape index (κ1) is 31.7. The minimum Gasteiger partial charge on any atom is -0.435 e. The molecule has 43 heavy (non-hydrogen) atoms. The molecule has 1 amide bonds. The van der Waals surface area contributed by atoms with Crippen molar-refractivity contribution in [1.29, 1.82) is 0 Å². The first-order valence-electron chi connectivity index (χ1n) is 12.9. The lowest BCUT2D eigenvalue weighted by molar-refractivity contribution is -0.122. The van der Waals surface area contributed by atoms with Gasteiger partial charge < -0.3 is 19.8 Å². The van der Waals surface area contributed by atoms with Crippen LogP contribution in [0.25, 0.3) is 0 Å². The number of rotatable bonds is 13. The summed E-state index contributed by atoms with van der Waals surface area (Å²) in [6, 6.07) is 8.12. The van der Waals surface area contributed by atoms with Gasteiger partial charge >= 0.3 is 6.61 Å². The number of nitrogens with one attached hydrogen (secondary N) is 2. The van der Waals surface area contributed by atoms with Gasteiger partial charge in [0, 0.05) is 17.5 Å². The Morgan fingerprint density at radius 3 is 2.40 bits per heavy atom. The molecular weight excluding hydrogens is 612 g/mol. The van der Waals surface area contributed by atoms with E-state index in [2.05, 4.69) is 30.0 Å². The van der Waals surface area contributed by atoms with Crippen molar-refractivity contribution in [2.75, 3.05) is 5.75 Å². The zero-order chi connectivity index (χ0) is 31.4. The summed E-state index contributed by atoms with van der Waals surface area (Å²) < 4.78 is 90.9. The molecule has 0 fully saturated rings. The number of hydrogen-bond donors (Lipinski definition) is 2. The summed E-state index contributed by atoms with van der Waals surface area (Å²) in [5, 5.41) is 12.5. The second-order valence-electron chi connectivity index (χ2n) is 9.34. The standard InChI is InChI=1S/C26H27F2N5O8S2/c1-3-17(22(34)25-32-31-21(4-2)41-25)30-24(35)18(29-23-16-10-6-8-12-20(16)43(38,39)33-23)14-42(36,37)13-15-9-5-7-11-19(15)40-26(27)28/h5-12,17-18,26H,3-4,13-14H2,1-2H3,(H,29,33)(H,30,35)/t17-,18-/m0/s1. The molecule has 0 radical (unpaired) electrons. The first-order valence-corrected chi connectivity index (χ1v) is 16.2. The number of amidine groups is 1. The average molecular weight is 640 g/mol. The van der Waals surface area contributed by atoms with Gasteiger partial charge in [-0.3, -0.25) is 9.59 Å². The van der Waals surface area contributed by atoms with Crippen LogP contribution in [0.5, 0.6) is 5.75 Å². The van der Waals surface area contributed by atoms with Crippen molar-refractivity contribution < 1.29 is 44.4 Å². The zero-order valence-corrected chi connectivity index (χ0v) is 24.5. The second kappa shape index (κ2) is 12.9. The van der Waals surface area contributed by atoms with Gasteiger partial charge in [-0.05, 0) is 24.6 Å². The Morgan fingerprint density at radius 1 is 1.02 bits per heavy atom. The molecule has 0 aliphatic carbocycles. The lowest BCUT2D eigenvalue weighted by atomic mass is 10.1. The molecule has 2 N–H and O–H groups in total. The molecule has 3 aromatic rings. The number of alkyl halides is 2. The van der Waals surface area contributed by atoms with Gasteiger partial charge in [0.25, 0.3) is 15.9 Å². The summed E-state index contributed by atoms with van der Waals surface area (Å²) in [6.07, 6.45) is 0.426. The molecule has 0 saturated carbocycles. The number of ketones is 1. The van der Waals surface area contributed by atoms with E-state index in [-0.39, 0.29) is 45.8 Å². The molecule has 2 atom stereocenters. The number of carbonyl (C=O) groups excluding carboxylic acids is 2. The lowest BCUT2D eigenvalue weighted by Crippen LogP contribution is -2.54. The maximum absolute atomic E-state index is 13.5. The van der Waals surface area contributed by atoms with Gasteiger partial charge in [0.1, 0.15) is 22.5 Å². The summed E-state index contributed by atoms with van der Waals surface area (Å²) in [7, 11) is -8.42. The van der Waals surface area contributed by atoms with E-state index in [4.69, 9.17) is 4.42 Å². The largest absolute Gasteiger partial charge is 0.435 e. The number of halogens is 2. The Bertz CT molecular complexity index is 1760. The van der Waals surface area contributed by atoms with E-state index >= 15 is 0 Å². The molecule has 230 valence electrons. The fourth-order valence-corrected chi connectivity index (χ4v) is 6.97. The van der Waals surface area contributed by atoms with Crippen LogP contribution in [0.3, 0.4) is 0 Å². The van der Waals surface area contributed by atoms with Crippen molar-refractivity contribution in [1.82, 2.24) is 20.8 Å². The summed E-state index contributed by atoms with van der Waals surface area (Å²) >= 11 is 0. The number of carbonyl (C=O) groups is 2. The third-order valence-corrected chi connectivity index (χ3v) is 9.19. The van der Waals surface area contributed by atoms with Crippen molar-refractivity contribution in [3.8, 4) is 5.75 Å². The van der Waals surface area contributed by atoms with Crippen molar-refractivity contribution >= 4 is 37.4 Å². The highest BCUT2D eigenvalue weighted by atomic mass is 32.2. The highest BCUT2D eigenvalue weighted by Gasteiger charge is 2.35. The molecule has 1 aliphatic rings. The first-order chi connectivity index (χ1) is 20.3. The van der Waals surface area contributed by atoms with Crippen LogP contribution in [0, 0.1) is 0 Å². The minimum atomic E-state index is -4.28. The Kier molecular flexibility index (Phi) is 9.54. The van der Waals surface area contributed by atoms with Crippen LogP contribution >= 0.6 is 0 Å². The number of para-hydroxylation sites is 1. The van der Waals surface area contributed by atoms with Gasteiger partial charge in [0.05, 0.1) is 17.5 Å². The van der Waals surface area contributed by atoms with E-state index < -0.39 is 61.8 Å². The summed E-state index contributed by atoms with van der Waals surface area (Å²) in [6.45, 7) is 0.116. The predicted octanol–water partition coefficient (Wildman–Crippen LogP) is 2.03. The van der Waals surface area contributed by atoms with Gasteiger partial charge in [0.15, 0.2) is 9.84 Å². The Labute approximate surface area is 245 Å². The number of sulfonamides is 1. The Morgan fingerprint density at radius 2 is 1.72 bits per heavy atom. The van der Waals surface area contributed by atoms with Gasteiger partial charge in [-0.15, -0.1) is 14.6 Å². The van der Waals surface area contributed by atoms with Crippen molar-refractivity contribution in [3.63, 3.8) is 0 Å². The third kappa shape index (κ3) is 7.59. The maximum atomic E-state index is 13.5. The summed E-state index contributed by atoms with van der Waals surface area (Å²) in [5.74, 6) is -4.22. The summed E-state index contributed by atoms with van der Waals surface area (Å²) in [4.78, 5) is 26.4. The number of benzene rings is 2. The van der Waals surface area contributed by atoms with E-state index in [1.54, 1.807) is 13.8 Å². The Balaban J connectivity index is 1.63. The van der Waals surface area contributed by atoms with E-state index in [1.165, 1.54) is 48.5 Å². The molecule has 0 bridgehead atoms. The smallest absolute Gasteiger partial charge is 0.387 e. The van der Waals surface area contributed by atoms with Gasteiger partial charge in [-0.2, -0.15) is 17.2 Å². The molecule has 1 aliphatic heterocycles. The molecule has 13 nitrogen and oxygen atoms in total. The van der Waals surface area contributed by atoms with Crippen molar-refractivity contribution in [3.05, 3.63) is 71.4 Å². The topological polar surface area (TPSA) is 187 Å². The van der Waals surface area contributed by atoms with E-state index in [1.807, 2.05) is 0 Å². The second-order valence-corrected chi connectivity index (χ2v) is 13.0. The number of sulfone groups is 1. The quantitative estimate of drug-likeness (QED) is 0.261. The lowest BCUT2D eigenvalue weighted by Gasteiger charge is -2.22. The number of aryl methyl sites for hydroxylation is 1. The predicted molar refractivity (Wildman–Crippen MR) is 148 cm³/mol. The Hall–Kier alpha value is -4.25. The van der Waals surface area contributed by atoms with Gasteiger partial charge in [-0.1, -0.05) is 44.2 Å². The van der Waals surface area contributed by atoms with Crippen LogP contribution < -0.4 is 15.4 Å². The third-order valence-electron chi connectivity index (χ3n) is 6.26. The number of Topliss-reactive ketones (excluding diaryl/α,β-unsaturated/α-hetero) is 1. The van der Waals surface area contributed by atoms with Crippen LogP contribution in [-0.4, -0.2) is 69.0 Å². The fourth-order valence-electron chi connectivity index (χ4n) is 4.21. The molecule has 0 spiro atoms. The van der Waals surface area contributed by atoms with Crippen molar-refractivity contribution in [2.24, 2.45) is 4.40 Å². The monoisotopic (exact) mass is 639 g/mol.